The van der Waals surface area contributed by atoms with Gasteiger partial charge in [0, 0.05) is 36.9 Å². The number of imidazole rings is 1. The summed E-state index contributed by atoms with van der Waals surface area (Å²) in [7, 11) is 0. The second-order valence-corrected chi connectivity index (χ2v) is 4.58. The molecule has 0 spiro atoms. The van der Waals surface area contributed by atoms with Crippen LogP contribution < -0.4 is 0 Å². The molecule has 1 unspecified atom stereocenters. The number of nitrogens with zero attached hydrogens (tertiary/aromatic N) is 2. The molecule has 1 N–H and O–H groups in total. The van der Waals surface area contributed by atoms with E-state index in [1.807, 2.05) is 6.20 Å². The topological polar surface area (TPSA) is 38.1 Å². The molecule has 0 saturated heterocycles. The van der Waals surface area contributed by atoms with Gasteiger partial charge in [0.05, 0.1) is 0 Å². The van der Waals surface area contributed by atoms with Gasteiger partial charge in [0.2, 0.25) is 0 Å². The van der Waals surface area contributed by atoms with Crippen LogP contribution in [0.5, 0.6) is 0 Å². The molecule has 3 rings (SSSR count). The molecular weight excluding hydrogens is 176 g/mol. The standard InChI is InChI=1S/C11H16N2O/c14-7-8-1-4-10-5-12-11(9-2-3-9)13(10)6-8/h5,8-9,14H,1-4,6-7H2. The molecule has 1 fully saturated rings. The first-order valence-electron chi connectivity index (χ1n) is 5.53. The SMILES string of the molecule is OCC1CCc2cnc(C3CC3)n2C1. The Kier molecular flexibility index (Phi) is 1.87. The molecule has 1 atom stereocenters. The summed E-state index contributed by atoms with van der Waals surface area (Å²) in [5.41, 5.74) is 1.37. The zero-order chi connectivity index (χ0) is 9.54. The van der Waals surface area contributed by atoms with E-state index in [0.29, 0.717) is 12.5 Å². The van der Waals surface area contributed by atoms with Crippen molar-refractivity contribution in [1.82, 2.24) is 9.55 Å². The molecule has 1 aromatic heterocycles. The van der Waals surface area contributed by atoms with Gasteiger partial charge in [0.25, 0.3) is 0 Å². The molecule has 1 aliphatic heterocycles. The van der Waals surface area contributed by atoms with E-state index in [1.54, 1.807) is 0 Å². The number of hydrogen-bond acceptors (Lipinski definition) is 2. The van der Waals surface area contributed by atoms with Crippen LogP contribution in [-0.4, -0.2) is 21.3 Å². The monoisotopic (exact) mass is 192 g/mol. The van der Waals surface area contributed by atoms with E-state index < -0.39 is 0 Å². The molecular formula is C11H16N2O. The molecule has 3 heteroatoms. The molecule has 3 nitrogen and oxygen atoms in total. The van der Waals surface area contributed by atoms with Gasteiger partial charge in [0.15, 0.2) is 0 Å². The summed E-state index contributed by atoms with van der Waals surface area (Å²) in [6.45, 7) is 1.30. The summed E-state index contributed by atoms with van der Waals surface area (Å²) in [4.78, 5) is 4.51. The third kappa shape index (κ3) is 1.27. The van der Waals surface area contributed by atoms with Crippen molar-refractivity contribution in [2.75, 3.05) is 6.61 Å². The van der Waals surface area contributed by atoms with E-state index in [1.165, 1.54) is 24.4 Å². The second kappa shape index (κ2) is 3.09. The Morgan fingerprint density at radius 2 is 2.29 bits per heavy atom. The van der Waals surface area contributed by atoms with Crippen molar-refractivity contribution in [3.63, 3.8) is 0 Å². The molecule has 1 aliphatic carbocycles. The van der Waals surface area contributed by atoms with Crippen molar-refractivity contribution >= 4 is 0 Å². The highest BCUT2D eigenvalue weighted by molar-refractivity contribution is 5.15. The summed E-state index contributed by atoms with van der Waals surface area (Å²) < 4.78 is 2.35. The summed E-state index contributed by atoms with van der Waals surface area (Å²) in [6.07, 6.45) is 6.85. The van der Waals surface area contributed by atoms with Crippen molar-refractivity contribution < 1.29 is 5.11 Å². The van der Waals surface area contributed by atoms with E-state index >= 15 is 0 Å². The van der Waals surface area contributed by atoms with Crippen molar-refractivity contribution in [3.8, 4) is 0 Å². The normalized spacial score (nSPS) is 26.2. The maximum atomic E-state index is 9.17. The Labute approximate surface area is 83.8 Å². The fourth-order valence-electron chi connectivity index (χ4n) is 2.36. The van der Waals surface area contributed by atoms with Crippen LogP contribution in [0, 0.1) is 5.92 Å². The van der Waals surface area contributed by atoms with Gasteiger partial charge in [-0.2, -0.15) is 0 Å². The Balaban J connectivity index is 1.91. The number of aryl methyl sites for hydroxylation is 1. The van der Waals surface area contributed by atoms with Gasteiger partial charge in [-0.1, -0.05) is 0 Å². The second-order valence-electron chi connectivity index (χ2n) is 4.58. The quantitative estimate of drug-likeness (QED) is 0.767. The van der Waals surface area contributed by atoms with Crippen molar-refractivity contribution in [3.05, 3.63) is 17.7 Å². The first-order chi connectivity index (χ1) is 6.88. The number of fused-ring (bicyclic) bond motifs is 1. The van der Waals surface area contributed by atoms with Crippen LogP contribution in [0.1, 0.15) is 36.7 Å². The lowest BCUT2D eigenvalue weighted by atomic mass is 9.99. The summed E-state index contributed by atoms with van der Waals surface area (Å²) >= 11 is 0. The molecule has 1 aromatic rings. The highest BCUT2D eigenvalue weighted by atomic mass is 16.3. The molecule has 76 valence electrons. The third-order valence-corrected chi connectivity index (χ3v) is 3.42. The molecule has 2 aliphatic rings. The fraction of sp³-hybridized carbons (Fsp3) is 0.727. The smallest absolute Gasteiger partial charge is 0.111 e. The van der Waals surface area contributed by atoms with Gasteiger partial charge in [0.1, 0.15) is 5.82 Å². The Morgan fingerprint density at radius 3 is 3.00 bits per heavy atom. The van der Waals surface area contributed by atoms with Crippen LogP contribution in [0.25, 0.3) is 0 Å². The van der Waals surface area contributed by atoms with Crippen LogP contribution >= 0.6 is 0 Å². The lowest BCUT2D eigenvalue weighted by molar-refractivity contribution is 0.190. The van der Waals surface area contributed by atoms with E-state index in [0.717, 1.165) is 25.3 Å². The average molecular weight is 192 g/mol. The van der Waals surface area contributed by atoms with Crippen LogP contribution in [-0.2, 0) is 13.0 Å². The number of rotatable bonds is 2. The molecule has 2 heterocycles. The highest BCUT2D eigenvalue weighted by Crippen LogP contribution is 2.40. The van der Waals surface area contributed by atoms with Gasteiger partial charge < -0.3 is 9.67 Å². The number of aromatic nitrogens is 2. The van der Waals surface area contributed by atoms with Gasteiger partial charge >= 0.3 is 0 Å². The Hall–Kier alpha value is -0.830. The van der Waals surface area contributed by atoms with Crippen molar-refractivity contribution in [2.24, 2.45) is 5.92 Å². The predicted octanol–water partition coefficient (Wildman–Crippen LogP) is 1.32. The van der Waals surface area contributed by atoms with Crippen LogP contribution in [0.4, 0.5) is 0 Å². The third-order valence-electron chi connectivity index (χ3n) is 3.42. The predicted molar refractivity (Wildman–Crippen MR) is 53.1 cm³/mol. The fourth-order valence-corrected chi connectivity index (χ4v) is 2.36. The number of aliphatic hydroxyl groups is 1. The first kappa shape index (κ1) is 8.48. The number of hydrogen-bond donors (Lipinski definition) is 1. The van der Waals surface area contributed by atoms with Crippen molar-refractivity contribution in [2.45, 2.75) is 38.1 Å². The Morgan fingerprint density at radius 1 is 1.43 bits per heavy atom. The van der Waals surface area contributed by atoms with Crippen LogP contribution in [0.2, 0.25) is 0 Å². The maximum absolute atomic E-state index is 9.17. The lowest BCUT2D eigenvalue weighted by Gasteiger charge is -2.23. The minimum Gasteiger partial charge on any atom is -0.396 e. The summed E-state index contributed by atoms with van der Waals surface area (Å²) in [6, 6.07) is 0. The largest absolute Gasteiger partial charge is 0.396 e. The highest BCUT2D eigenvalue weighted by Gasteiger charge is 2.31. The van der Waals surface area contributed by atoms with Gasteiger partial charge in [-0.05, 0) is 25.7 Å². The van der Waals surface area contributed by atoms with E-state index in [-0.39, 0.29) is 0 Å². The van der Waals surface area contributed by atoms with E-state index in [4.69, 9.17) is 5.11 Å². The zero-order valence-electron chi connectivity index (χ0n) is 8.32. The number of aliphatic hydroxyl groups excluding tert-OH is 1. The summed E-state index contributed by atoms with van der Waals surface area (Å²) in [5, 5.41) is 9.17. The van der Waals surface area contributed by atoms with E-state index in [9.17, 15) is 0 Å². The maximum Gasteiger partial charge on any atom is 0.111 e. The lowest BCUT2D eigenvalue weighted by Crippen LogP contribution is -2.23. The Bertz CT molecular complexity index is 341. The van der Waals surface area contributed by atoms with Crippen LogP contribution in [0.3, 0.4) is 0 Å². The molecule has 0 aromatic carbocycles. The average Bonchev–Trinajstić information content (AvgIpc) is 2.98. The molecule has 0 amide bonds. The summed E-state index contributed by atoms with van der Waals surface area (Å²) in [5.74, 6) is 2.45. The molecule has 1 saturated carbocycles. The molecule has 0 radical (unpaired) electrons. The minimum atomic E-state index is 0.321. The molecule has 0 bridgehead atoms. The minimum absolute atomic E-state index is 0.321. The van der Waals surface area contributed by atoms with Gasteiger partial charge in [-0.3, -0.25) is 0 Å². The van der Waals surface area contributed by atoms with E-state index in [2.05, 4.69) is 9.55 Å². The van der Waals surface area contributed by atoms with Crippen molar-refractivity contribution in [1.29, 1.82) is 0 Å². The van der Waals surface area contributed by atoms with Gasteiger partial charge in [-0.15, -0.1) is 0 Å². The van der Waals surface area contributed by atoms with Crippen LogP contribution in [0.15, 0.2) is 6.20 Å². The zero-order valence-corrected chi connectivity index (χ0v) is 8.32. The van der Waals surface area contributed by atoms with Gasteiger partial charge in [-0.25, -0.2) is 4.98 Å². The first-order valence-corrected chi connectivity index (χ1v) is 5.53. The molecule has 14 heavy (non-hydrogen) atoms.